The number of aryl methyl sites for hydroxylation is 1. The van der Waals surface area contributed by atoms with Gasteiger partial charge in [-0.3, -0.25) is 19.1 Å². The van der Waals surface area contributed by atoms with Gasteiger partial charge in [-0.2, -0.15) is 0 Å². The molecule has 1 aromatic carbocycles. The number of unbranched alkanes of at least 4 members (excludes halogenated alkanes) is 3. The number of benzene rings is 1. The highest BCUT2D eigenvalue weighted by molar-refractivity contribution is 5.95. The van der Waals surface area contributed by atoms with Crippen LogP contribution in [0.1, 0.15) is 57.9 Å². The van der Waals surface area contributed by atoms with Gasteiger partial charge in [0.15, 0.2) is 5.69 Å². The molecular weight excluding hydrogens is 424 g/mol. The molecule has 3 N–H and O–H groups in total. The van der Waals surface area contributed by atoms with Crippen molar-refractivity contribution < 1.29 is 14.3 Å². The summed E-state index contributed by atoms with van der Waals surface area (Å²) in [5.41, 5.74) is 6.00. The summed E-state index contributed by atoms with van der Waals surface area (Å²) in [5, 5.41) is 0. The van der Waals surface area contributed by atoms with Crippen molar-refractivity contribution in [2.75, 3.05) is 31.4 Å². The molecule has 0 saturated heterocycles. The number of H-pyrrole nitrogens is 1. The van der Waals surface area contributed by atoms with Gasteiger partial charge in [0.1, 0.15) is 17.3 Å². The highest BCUT2D eigenvalue weighted by atomic mass is 16.5. The van der Waals surface area contributed by atoms with E-state index in [4.69, 9.17) is 15.2 Å². The topological polar surface area (TPSA) is 120 Å². The molecule has 1 amide bonds. The number of aromatic amines is 1. The Morgan fingerprint density at radius 3 is 2.24 bits per heavy atom. The molecule has 2 aromatic rings. The van der Waals surface area contributed by atoms with Crippen LogP contribution >= 0.6 is 0 Å². The minimum Gasteiger partial charge on any atom is -0.497 e. The predicted molar refractivity (Wildman–Crippen MR) is 130 cm³/mol. The summed E-state index contributed by atoms with van der Waals surface area (Å²) in [6, 6.07) is 5.47. The number of carbonyl (C=O) groups excluding carboxylic acids is 1. The number of methoxy groups -OCH3 is 2. The summed E-state index contributed by atoms with van der Waals surface area (Å²) in [7, 11) is 3.14. The predicted octanol–water partition coefficient (Wildman–Crippen LogP) is 3.09. The average Bonchev–Trinajstić information content (AvgIpc) is 2.81. The molecule has 0 unspecified atom stereocenters. The second kappa shape index (κ2) is 12.7. The van der Waals surface area contributed by atoms with Crippen molar-refractivity contribution in [1.29, 1.82) is 0 Å². The number of nitrogens with one attached hydrogen (secondary N) is 1. The lowest BCUT2D eigenvalue weighted by Crippen LogP contribution is -2.41. The van der Waals surface area contributed by atoms with Crippen LogP contribution in [0.25, 0.3) is 0 Å². The maximum atomic E-state index is 13.3. The Hall–Kier alpha value is -3.23. The quantitative estimate of drug-likeness (QED) is 0.443. The molecule has 0 saturated carbocycles. The van der Waals surface area contributed by atoms with Gasteiger partial charge in [-0.15, -0.1) is 0 Å². The van der Waals surface area contributed by atoms with E-state index >= 15 is 0 Å². The first kappa shape index (κ1) is 26.0. The van der Waals surface area contributed by atoms with Gasteiger partial charge < -0.3 is 20.1 Å². The summed E-state index contributed by atoms with van der Waals surface area (Å²) in [5.74, 6) is 1.08. The normalized spacial score (nSPS) is 10.8. The molecule has 0 fully saturated rings. The zero-order valence-electron chi connectivity index (χ0n) is 20.1. The van der Waals surface area contributed by atoms with Crippen LogP contribution in [0.2, 0.25) is 0 Å². The summed E-state index contributed by atoms with van der Waals surface area (Å²) >= 11 is 0. The first-order valence-electron chi connectivity index (χ1n) is 11.5. The monoisotopic (exact) mass is 460 g/mol. The summed E-state index contributed by atoms with van der Waals surface area (Å²) < 4.78 is 11.9. The van der Waals surface area contributed by atoms with Gasteiger partial charge in [-0.25, -0.2) is 4.79 Å². The van der Waals surface area contributed by atoms with E-state index in [1.807, 2.05) is 19.1 Å². The van der Waals surface area contributed by atoms with Crippen molar-refractivity contribution in [2.24, 2.45) is 0 Å². The molecule has 0 spiro atoms. The van der Waals surface area contributed by atoms with Crippen LogP contribution in [0.5, 0.6) is 11.5 Å². The number of hydrogen-bond donors (Lipinski definition) is 2. The largest absolute Gasteiger partial charge is 0.497 e. The molecule has 0 bridgehead atoms. The Bertz CT molecular complexity index is 1020. The molecule has 0 aliphatic carbocycles. The molecule has 1 aromatic heterocycles. The summed E-state index contributed by atoms with van der Waals surface area (Å²) in [4.78, 5) is 42.1. The van der Waals surface area contributed by atoms with Gasteiger partial charge in [0, 0.05) is 25.6 Å². The fourth-order valence-electron chi connectivity index (χ4n) is 3.65. The maximum absolute atomic E-state index is 13.3. The van der Waals surface area contributed by atoms with Crippen LogP contribution in [-0.2, 0) is 17.8 Å². The molecule has 182 valence electrons. The van der Waals surface area contributed by atoms with Crippen molar-refractivity contribution in [2.45, 2.75) is 65.3 Å². The molecule has 0 atom stereocenters. The van der Waals surface area contributed by atoms with E-state index in [1.165, 1.54) is 9.47 Å². The number of nitrogen functional groups attached to an aromatic ring is 1. The van der Waals surface area contributed by atoms with Gasteiger partial charge >= 0.3 is 5.69 Å². The molecule has 0 aliphatic heterocycles. The van der Waals surface area contributed by atoms with Crippen LogP contribution in [0.3, 0.4) is 0 Å². The number of carbonyl (C=O) groups is 1. The number of anilines is 2. The Morgan fingerprint density at radius 2 is 1.67 bits per heavy atom. The number of nitrogens with zero attached hydrogens (tertiary/aromatic N) is 2. The number of rotatable bonds is 13. The van der Waals surface area contributed by atoms with Crippen molar-refractivity contribution in [1.82, 2.24) is 9.55 Å². The Balaban J connectivity index is 2.36. The van der Waals surface area contributed by atoms with E-state index in [-0.39, 0.29) is 23.8 Å². The molecule has 2 rings (SSSR count). The SMILES string of the molecule is CCCCCN(C(=O)CCc1cc(OC)cc(OC)c1)c1c(N)n(CCCC)c(=O)[nH]c1=O. The number of amides is 1. The van der Waals surface area contributed by atoms with Crippen molar-refractivity contribution in [3.05, 3.63) is 44.6 Å². The molecule has 9 heteroatoms. The second-order valence-corrected chi connectivity index (χ2v) is 7.97. The molecular formula is C24H36N4O5. The average molecular weight is 461 g/mol. The Morgan fingerprint density at radius 1 is 1.03 bits per heavy atom. The van der Waals surface area contributed by atoms with Crippen molar-refractivity contribution >= 4 is 17.4 Å². The van der Waals surface area contributed by atoms with Gasteiger partial charge in [0.05, 0.1) is 14.2 Å². The third kappa shape index (κ3) is 6.87. The minimum absolute atomic E-state index is 0.0325. The first-order valence-corrected chi connectivity index (χ1v) is 11.5. The third-order valence-corrected chi connectivity index (χ3v) is 5.54. The Labute approximate surface area is 194 Å². The van der Waals surface area contributed by atoms with Gasteiger partial charge in [0.25, 0.3) is 5.56 Å². The molecule has 0 aliphatic rings. The number of aromatic nitrogens is 2. The highest BCUT2D eigenvalue weighted by Crippen LogP contribution is 2.24. The third-order valence-electron chi connectivity index (χ3n) is 5.54. The number of nitrogens with two attached hydrogens (primary N) is 1. The standard InChI is InChI=1S/C24H36N4O5/c1-5-7-9-13-27(21-22(25)28(12-8-6-2)24(31)26-23(21)30)20(29)11-10-17-14-18(32-3)16-19(15-17)33-4/h14-16H,5-13,25H2,1-4H3,(H,26,30,31). The minimum atomic E-state index is -0.641. The summed E-state index contributed by atoms with van der Waals surface area (Å²) in [6.07, 6.45) is 4.79. The lowest BCUT2D eigenvalue weighted by Gasteiger charge is -2.25. The van der Waals surface area contributed by atoms with Crippen LogP contribution < -0.4 is 31.4 Å². The number of ether oxygens (including phenoxy) is 2. The van der Waals surface area contributed by atoms with Crippen molar-refractivity contribution in [3.8, 4) is 11.5 Å². The van der Waals surface area contributed by atoms with E-state index in [9.17, 15) is 14.4 Å². The maximum Gasteiger partial charge on any atom is 0.330 e. The van der Waals surface area contributed by atoms with Crippen LogP contribution in [0.4, 0.5) is 11.5 Å². The van der Waals surface area contributed by atoms with Crippen LogP contribution in [-0.4, -0.2) is 36.2 Å². The molecule has 0 radical (unpaired) electrons. The smallest absolute Gasteiger partial charge is 0.330 e. The summed E-state index contributed by atoms with van der Waals surface area (Å²) in [6.45, 7) is 4.80. The van der Waals surface area contributed by atoms with Gasteiger partial charge in [-0.1, -0.05) is 33.1 Å². The number of hydrogen-bond acceptors (Lipinski definition) is 6. The molecule has 1 heterocycles. The fourth-order valence-corrected chi connectivity index (χ4v) is 3.65. The highest BCUT2D eigenvalue weighted by Gasteiger charge is 2.24. The first-order chi connectivity index (χ1) is 15.9. The van der Waals surface area contributed by atoms with Gasteiger partial charge in [-0.05, 0) is 37.0 Å². The van der Waals surface area contributed by atoms with E-state index in [0.717, 1.165) is 37.7 Å². The lowest BCUT2D eigenvalue weighted by molar-refractivity contribution is -0.118. The Kier molecular flexibility index (Phi) is 10.0. The van der Waals surface area contributed by atoms with Crippen LogP contribution in [0.15, 0.2) is 27.8 Å². The fraction of sp³-hybridized carbons (Fsp3) is 0.542. The zero-order valence-corrected chi connectivity index (χ0v) is 20.1. The zero-order chi connectivity index (χ0) is 24.4. The van der Waals surface area contributed by atoms with E-state index < -0.39 is 11.2 Å². The van der Waals surface area contributed by atoms with Crippen LogP contribution in [0, 0.1) is 0 Å². The molecule has 33 heavy (non-hydrogen) atoms. The van der Waals surface area contributed by atoms with E-state index in [1.54, 1.807) is 20.3 Å². The molecule has 9 nitrogen and oxygen atoms in total. The lowest BCUT2D eigenvalue weighted by atomic mass is 10.1. The van der Waals surface area contributed by atoms with Gasteiger partial charge in [0.2, 0.25) is 5.91 Å². The van der Waals surface area contributed by atoms with E-state index in [2.05, 4.69) is 11.9 Å². The van der Waals surface area contributed by atoms with E-state index in [0.29, 0.717) is 31.0 Å². The van der Waals surface area contributed by atoms with Crippen molar-refractivity contribution in [3.63, 3.8) is 0 Å². The second-order valence-electron chi connectivity index (χ2n) is 7.97.